The summed E-state index contributed by atoms with van der Waals surface area (Å²) in [5.74, 6) is 0.645. The van der Waals surface area contributed by atoms with Gasteiger partial charge in [0.2, 0.25) is 0 Å². The van der Waals surface area contributed by atoms with E-state index in [9.17, 15) is 10.1 Å². The van der Waals surface area contributed by atoms with E-state index in [1.54, 1.807) is 19.2 Å². The van der Waals surface area contributed by atoms with Crippen molar-refractivity contribution < 1.29 is 4.92 Å². The molecule has 2 aromatic carbocycles. The number of nitrogens with zero attached hydrogens (tertiary/aromatic N) is 4. The maximum atomic E-state index is 10.8. The largest absolute Gasteiger partial charge is 0.352 e. The van der Waals surface area contributed by atoms with Gasteiger partial charge < -0.3 is 10.6 Å². The highest BCUT2D eigenvalue weighted by Gasteiger charge is 2.09. The van der Waals surface area contributed by atoms with Gasteiger partial charge in [0, 0.05) is 38.0 Å². The molecular formula is C21H25IN6O2. The minimum Gasteiger partial charge on any atom is -0.352 e. The van der Waals surface area contributed by atoms with E-state index >= 15 is 0 Å². The maximum absolute atomic E-state index is 10.8. The molecule has 9 heteroatoms. The summed E-state index contributed by atoms with van der Waals surface area (Å²) in [4.78, 5) is 14.6. The SMILES string of the molecule is CN=C(NCc1ccc([N+](=O)[O-])cc1)NCc1ccccc1-n1nc(C)cc1C.I. The van der Waals surface area contributed by atoms with Crippen molar-refractivity contribution in [1.29, 1.82) is 0 Å². The summed E-state index contributed by atoms with van der Waals surface area (Å²) in [6, 6.07) is 16.6. The first kappa shape index (κ1) is 23.3. The van der Waals surface area contributed by atoms with Gasteiger partial charge in [-0.2, -0.15) is 5.10 Å². The van der Waals surface area contributed by atoms with Crippen LogP contribution in [0.4, 0.5) is 5.69 Å². The molecule has 0 aliphatic heterocycles. The van der Waals surface area contributed by atoms with Crippen LogP contribution in [0.1, 0.15) is 22.5 Å². The number of rotatable bonds is 6. The molecule has 0 atom stereocenters. The van der Waals surface area contributed by atoms with Crippen molar-refractivity contribution in [1.82, 2.24) is 20.4 Å². The second-order valence-electron chi connectivity index (χ2n) is 6.67. The second-order valence-corrected chi connectivity index (χ2v) is 6.67. The number of benzene rings is 2. The van der Waals surface area contributed by atoms with Crippen LogP contribution in [0.15, 0.2) is 59.6 Å². The van der Waals surface area contributed by atoms with Crippen LogP contribution in [0.3, 0.4) is 0 Å². The Labute approximate surface area is 192 Å². The molecule has 0 bridgehead atoms. The third kappa shape index (κ3) is 5.78. The molecule has 30 heavy (non-hydrogen) atoms. The fourth-order valence-corrected chi connectivity index (χ4v) is 3.06. The lowest BCUT2D eigenvalue weighted by Gasteiger charge is -2.15. The molecule has 0 aliphatic carbocycles. The lowest BCUT2D eigenvalue weighted by Crippen LogP contribution is -2.36. The van der Waals surface area contributed by atoms with Gasteiger partial charge in [0.25, 0.3) is 5.69 Å². The lowest BCUT2D eigenvalue weighted by molar-refractivity contribution is -0.384. The number of nitrogens with one attached hydrogen (secondary N) is 2. The van der Waals surface area contributed by atoms with Crippen molar-refractivity contribution in [2.45, 2.75) is 26.9 Å². The molecule has 1 aromatic heterocycles. The zero-order valence-electron chi connectivity index (χ0n) is 17.1. The average molecular weight is 520 g/mol. The number of guanidine groups is 1. The first-order chi connectivity index (χ1) is 14.0. The molecule has 0 fully saturated rings. The fraction of sp³-hybridized carbons (Fsp3) is 0.238. The third-order valence-electron chi connectivity index (χ3n) is 4.51. The van der Waals surface area contributed by atoms with E-state index in [2.05, 4.69) is 32.9 Å². The number of nitro groups is 1. The highest BCUT2D eigenvalue weighted by Crippen LogP contribution is 2.17. The van der Waals surface area contributed by atoms with Gasteiger partial charge in [-0.3, -0.25) is 15.1 Å². The van der Waals surface area contributed by atoms with E-state index in [0.717, 1.165) is 28.2 Å². The van der Waals surface area contributed by atoms with Crippen molar-refractivity contribution in [3.63, 3.8) is 0 Å². The number of non-ortho nitro benzene ring substituents is 1. The van der Waals surface area contributed by atoms with Gasteiger partial charge in [-0.05, 0) is 37.1 Å². The quantitative estimate of drug-likeness (QED) is 0.169. The van der Waals surface area contributed by atoms with Crippen LogP contribution in [-0.4, -0.2) is 27.7 Å². The summed E-state index contributed by atoms with van der Waals surface area (Å²) >= 11 is 0. The van der Waals surface area contributed by atoms with Crippen molar-refractivity contribution in [2.75, 3.05) is 7.05 Å². The molecule has 0 radical (unpaired) electrons. The first-order valence-corrected chi connectivity index (χ1v) is 9.27. The van der Waals surface area contributed by atoms with Gasteiger partial charge in [0.1, 0.15) is 0 Å². The minimum atomic E-state index is -0.405. The fourth-order valence-electron chi connectivity index (χ4n) is 3.06. The number of para-hydroxylation sites is 1. The number of aromatic nitrogens is 2. The maximum Gasteiger partial charge on any atom is 0.269 e. The minimum absolute atomic E-state index is 0. The Morgan fingerprint density at radius 1 is 1.10 bits per heavy atom. The van der Waals surface area contributed by atoms with E-state index in [4.69, 9.17) is 0 Å². The van der Waals surface area contributed by atoms with E-state index < -0.39 is 4.92 Å². The zero-order valence-corrected chi connectivity index (χ0v) is 19.5. The lowest BCUT2D eigenvalue weighted by atomic mass is 10.1. The summed E-state index contributed by atoms with van der Waals surface area (Å²) in [7, 11) is 1.71. The molecule has 158 valence electrons. The van der Waals surface area contributed by atoms with Crippen molar-refractivity contribution in [2.24, 2.45) is 4.99 Å². The number of hydrogen-bond acceptors (Lipinski definition) is 4. The summed E-state index contributed by atoms with van der Waals surface area (Å²) in [5.41, 5.74) is 5.19. The Kier molecular flexibility index (Phi) is 8.34. The van der Waals surface area contributed by atoms with Crippen LogP contribution < -0.4 is 10.6 Å². The predicted molar refractivity (Wildman–Crippen MR) is 129 cm³/mol. The smallest absolute Gasteiger partial charge is 0.269 e. The van der Waals surface area contributed by atoms with Crippen molar-refractivity contribution >= 4 is 35.6 Å². The Morgan fingerprint density at radius 3 is 2.37 bits per heavy atom. The molecule has 0 saturated carbocycles. The highest BCUT2D eigenvalue weighted by molar-refractivity contribution is 14.0. The average Bonchev–Trinajstić information content (AvgIpc) is 3.06. The first-order valence-electron chi connectivity index (χ1n) is 9.27. The van der Waals surface area contributed by atoms with Crippen LogP contribution in [0.5, 0.6) is 0 Å². The summed E-state index contributed by atoms with van der Waals surface area (Å²) in [5, 5.41) is 21.9. The van der Waals surface area contributed by atoms with Crippen LogP contribution in [0.2, 0.25) is 0 Å². The Bertz CT molecular complexity index is 1030. The number of aliphatic imine (C=N–C) groups is 1. The van der Waals surface area contributed by atoms with Crippen molar-refractivity contribution in [3.05, 3.63) is 87.2 Å². The van der Waals surface area contributed by atoms with Crippen LogP contribution in [0, 0.1) is 24.0 Å². The molecular weight excluding hydrogens is 495 g/mol. The molecule has 0 unspecified atom stereocenters. The van der Waals surface area contributed by atoms with Gasteiger partial charge >= 0.3 is 0 Å². The normalized spacial score (nSPS) is 11.0. The van der Waals surface area contributed by atoms with Gasteiger partial charge in [0.15, 0.2) is 5.96 Å². The molecule has 3 aromatic rings. The molecule has 1 heterocycles. The zero-order chi connectivity index (χ0) is 20.8. The highest BCUT2D eigenvalue weighted by atomic mass is 127. The predicted octanol–water partition coefficient (Wildman–Crippen LogP) is 3.88. The second kappa shape index (κ2) is 10.7. The third-order valence-corrected chi connectivity index (χ3v) is 4.51. The Hall–Kier alpha value is -2.95. The monoisotopic (exact) mass is 520 g/mol. The molecule has 0 spiro atoms. The number of nitro benzene ring substituents is 1. The van der Waals surface area contributed by atoms with E-state index in [0.29, 0.717) is 19.0 Å². The topological polar surface area (TPSA) is 97.4 Å². The number of aryl methyl sites for hydroxylation is 2. The Morgan fingerprint density at radius 2 is 1.77 bits per heavy atom. The molecule has 0 amide bonds. The molecule has 3 rings (SSSR count). The van der Waals surface area contributed by atoms with Gasteiger partial charge in [0.05, 0.1) is 16.3 Å². The molecule has 0 aliphatic rings. The van der Waals surface area contributed by atoms with Gasteiger partial charge in [-0.25, -0.2) is 4.68 Å². The number of halogens is 1. The van der Waals surface area contributed by atoms with Gasteiger partial charge in [-0.1, -0.05) is 30.3 Å². The molecule has 8 nitrogen and oxygen atoms in total. The van der Waals surface area contributed by atoms with E-state index in [1.807, 2.05) is 36.7 Å². The van der Waals surface area contributed by atoms with Crippen LogP contribution in [0.25, 0.3) is 5.69 Å². The van der Waals surface area contributed by atoms with Crippen molar-refractivity contribution in [3.8, 4) is 5.69 Å². The molecule has 2 N–H and O–H groups in total. The van der Waals surface area contributed by atoms with E-state index in [-0.39, 0.29) is 29.7 Å². The van der Waals surface area contributed by atoms with Crippen LogP contribution >= 0.6 is 24.0 Å². The van der Waals surface area contributed by atoms with E-state index in [1.165, 1.54) is 12.1 Å². The summed E-state index contributed by atoms with van der Waals surface area (Å²) < 4.78 is 1.94. The summed E-state index contributed by atoms with van der Waals surface area (Å²) in [6.45, 7) is 5.11. The number of hydrogen-bond donors (Lipinski definition) is 2. The van der Waals surface area contributed by atoms with Crippen LogP contribution in [-0.2, 0) is 13.1 Å². The van der Waals surface area contributed by atoms with Gasteiger partial charge in [-0.15, -0.1) is 24.0 Å². The standard InChI is InChI=1S/C21H24N6O2.HI/c1-15-12-16(2)26(25-15)20-7-5-4-6-18(20)14-24-21(22-3)23-13-17-8-10-19(11-9-17)27(28)29;/h4-12H,13-14H2,1-3H3,(H2,22,23,24);1H. The molecule has 0 saturated heterocycles. The Balaban J connectivity index is 0.00000320. The summed E-state index contributed by atoms with van der Waals surface area (Å²) in [6.07, 6.45) is 0.